The van der Waals surface area contributed by atoms with Crippen LogP contribution in [0, 0.1) is 11.8 Å². The van der Waals surface area contributed by atoms with Crippen LogP contribution in [0.2, 0.25) is 0 Å². The van der Waals surface area contributed by atoms with Crippen LogP contribution in [0.1, 0.15) is 117 Å². The van der Waals surface area contributed by atoms with E-state index in [-0.39, 0.29) is 55.4 Å². The number of carbonyl (C=O) groups excluding carboxylic acids is 2. The maximum absolute atomic E-state index is 14.0. The number of aromatic nitrogens is 4. The number of alkyl halides is 2. The van der Waals surface area contributed by atoms with Crippen molar-refractivity contribution in [1.29, 1.82) is 0 Å². The van der Waals surface area contributed by atoms with Crippen molar-refractivity contribution in [2.24, 2.45) is 11.8 Å². The monoisotopic (exact) mass is 542 g/mol. The van der Waals surface area contributed by atoms with Gasteiger partial charge in [0.05, 0.1) is 35.9 Å². The van der Waals surface area contributed by atoms with Gasteiger partial charge in [0.1, 0.15) is 11.8 Å². The zero-order valence-corrected chi connectivity index (χ0v) is 22.6. The molecule has 0 aromatic carbocycles. The summed E-state index contributed by atoms with van der Waals surface area (Å²) in [6, 6.07) is 1.20. The Hall–Kier alpha value is -3.37. The van der Waals surface area contributed by atoms with Crippen molar-refractivity contribution in [3.63, 3.8) is 0 Å². The summed E-state index contributed by atoms with van der Waals surface area (Å²) in [5.41, 5.74) is 2.89. The standard InChI is InChI=1S/C28H36F2N6O3/c1-4-5-23(37)33-25(17-6-7-17)19-12-22-32-21(14-36(22)31-13-19)26(18-8-10-28(29,30)11-9-18)34-27(38)20-15-39-35-24(20)16(2)3/h12-18,25-26H,4-11H2,1-3H3,(H,33,37)(H,34,38)/t25-,26+/m1/s1. The molecule has 39 heavy (non-hydrogen) atoms. The molecule has 5 rings (SSSR count). The quantitative estimate of drug-likeness (QED) is 0.349. The lowest BCUT2D eigenvalue weighted by Gasteiger charge is -2.33. The summed E-state index contributed by atoms with van der Waals surface area (Å²) < 4.78 is 34.7. The molecule has 0 saturated heterocycles. The maximum atomic E-state index is 14.0. The van der Waals surface area contributed by atoms with Crippen LogP contribution in [0.4, 0.5) is 8.78 Å². The lowest BCUT2D eigenvalue weighted by Crippen LogP contribution is -2.37. The molecule has 0 radical (unpaired) electrons. The maximum Gasteiger partial charge on any atom is 0.257 e. The highest BCUT2D eigenvalue weighted by molar-refractivity contribution is 5.95. The van der Waals surface area contributed by atoms with Gasteiger partial charge in [-0.05, 0) is 61.5 Å². The van der Waals surface area contributed by atoms with Crippen LogP contribution >= 0.6 is 0 Å². The summed E-state index contributed by atoms with van der Waals surface area (Å²) in [5, 5.41) is 14.7. The Morgan fingerprint density at radius 2 is 1.85 bits per heavy atom. The van der Waals surface area contributed by atoms with Gasteiger partial charge in [0.2, 0.25) is 11.8 Å². The van der Waals surface area contributed by atoms with E-state index in [4.69, 9.17) is 9.51 Å². The first-order valence-electron chi connectivity index (χ1n) is 13.9. The van der Waals surface area contributed by atoms with Gasteiger partial charge in [-0.15, -0.1) is 0 Å². The molecule has 210 valence electrons. The van der Waals surface area contributed by atoms with Gasteiger partial charge in [-0.25, -0.2) is 18.3 Å². The number of halogens is 2. The van der Waals surface area contributed by atoms with E-state index in [9.17, 15) is 18.4 Å². The van der Waals surface area contributed by atoms with Crippen molar-refractivity contribution >= 4 is 17.5 Å². The molecule has 0 bridgehead atoms. The molecule has 0 spiro atoms. The Balaban J connectivity index is 1.44. The molecule has 3 aromatic heterocycles. The first kappa shape index (κ1) is 27.2. The van der Waals surface area contributed by atoms with Crippen LogP contribution in [0.5, 0.6) is 0 Å². The third kappa shape index (κ3) is 6.12. The minimum atomic E-state index is -2.69. The van der Waals surface area contributed by atoms with Crippen molar-refractivity contribution < 1.29 is 22.9 Å². The zero-order chi connectivity index (χ0) is 27.7. The first-order chi connectivity index (χ1) is 18.6. The molecule has 2 fully saturated rings. The minimum absolute atomic E-state index is 0.0182. The number of nitrogens with zero attached hydrogens (tertiary/aromatic N) is 4. The number of imidazole rings is 1. The molecule has 2 aliphatic rings. The summed E-state index contributed by atoms with van der Waals surface area (Å²) in [4.78, 5) is 30.5. The predicted octanol–water partition coefficient (Wildman–Crippen LogP) is 5.50. The van der Waals surface area contributed by atoms with Gasteiger partial charge in [0, 0.05) is 19.3 Å². The molecule has 9 nitrogen and oxygen atoms in total. The number of hydrogen-bond donors (Lipinski definition) is 2. The fourth-order valence-corrected chi connectivity index (χ4v) is 5.49. The fourth-order valence-electron chi connectivity index (χ4n) is 5.49. The SMILES string of the molecule is CCCC(=O)N[C@@H](c1cnn2cc([C@@H](NC(=O)c3conc3C(C)C)C3CCC(F)(F)CC3)nc2c1)C1CC1. The van der Waals surface area contributed by atoms with Crippen LogP contribution in [0.25, 0.3) is 5.65 Å². The van der Waals surface area contributed by atoms with Crippen LogP contribution in [0.3, 0.4) is 0 Å². The molecule has 2 aliphatic carbocycles. The highest BCUT2D eigenvalue weighted by Gasteiger charge is 2.40. The van der Waals surface area contributed by atoms with E-state index in [1.165, 1.54) is 6.26 Å². The van der Waals surface area contributed by atoms with Gasteiger partial charge < -0.3 is 15.2 Å². The molecule has 3 heterocycles. The summed E-state index contributed by atoms with van der Waals surface area (Å²) in [7, 11) is 0. The second kappa shape index (κ2) is 11.0. The number of carbonyl (C=O) groups is 2. The van der Waals surface area contributed by atoms with E-state index in [2.05, 4.69) is 20.9 Å². The average molecular weight is 543 g/mol. The van der Waals surface area contributed by atoms with E-state index in [0.717, 1.165) is 24.8 Å². The molecule has 2 atom stereocenters. The fraction of sp³-hybridized carbons (Fsp3) is 0.607. The number of rotatable bonds is 10. The molecule has 3 aromatic rings. The number of nitrogens with one attached hydrogen (secondary N) is 2. The second-order valence-electron chi connectivity index (χ2n) is 11.3. The zero-order valence-electron chi connectivity index (χ0n) is 22.6. The Morgan fingerprint density at radius 1 is 1.13 bits per heavy atom. The second-order valence-corrected chi connectivity index (χ2v) is 11.3. The topological polar surface area (TPSA) is 114 Å². The highest BCUT2D eigenvalue weighted by Crippen LogP contribution is 2.43. The lowest BCUT2D eigenvalue weighted by molar-refractivity contribution is -0.122. The van der Waals surface area contributed by atoms with Crippen molar-refractivity contribution in [3.05, 3.63) is 47.2 Å². The van der Waals surface area contributed by atoms with E-state index < -0.39 is 12.0 Å². The molecular formula is C28H36F2N6O3. The van der Waals surface area contributed by atoms with Crippen molar-refractivity contribution in [1.82, 2.24) is 30.4 Å². The largest absolute Gasteiger partial charge is 0.364 e. The molecule has 2 saturated carbocycles. The first-order valence-corrected chi connectivity index (χ1v) is 13.9. The van der Waals surface area contributed by atoms with Crippen LogP contribution < -0.4 is 10.6 Å². The predicted molar refractivity (Wildman–Crippen MR) is 139 cm³/mol. The van der Waals surface area contributed by atoms with Gasteiger partial charge >= 0.3 is 0 Å². The number of hydrogen-bond acceptors (Lipinski definition) is 6. The van der Waals surface area contributed by atoms with Gasteiger partial charge in [-0.2, -0.15) is 5.10 Å². The lowest BCUT2D eigenvalue weighted by atomic mass is 9.81. The Labute approximate surface area is 226 Å². The highest BCUT2D eigenvalue weighted by atomic mass is 19.3. The van der Waals surface area contributed by atoms with E-state index in [0.29, 0.717) is 34.9 Å². The number of amides is 2. The van der Waals surface area contributed by atoms with E-state index >= 15 is 0 Å². The van der Waals surface area contributed by atoms with Crippen LogP contribution in [-0.4, -0.2) is 37.5 Å². The van der Waals surface area contributed by atoms with Crippen LogP contribution in [-0.2, 0) is 4.79 Å². The normalized spacial score (nSPS) is 19.2. The van der Waals surface area contributed by atoms with Crippen molar-refractivity contribution in [2.45, 2.75) is 96.1 Å². The Bertz CT molecular complexity index is 1320. The summed E-state index contributed by atoms with van der Waals surface area (Å²) in [6.45, 7) is 5.81. The summed E-state index contributed by atoms with van der Waals surface area (Å²) >= 11 is 0. The molecule has 2 N–H and O–H groups in total. The molecule has 2 amide bonds. The van der Waals surface area contributed by atoms with Gasteiger partial charge in [-0.1, -0.05) is 25.9 Å². The molecule has 0 aliphatic heterocycles. The molecule has 0 unspecified atom stereocenters. The minimum Gasteiger partial charge on any atom is -0.364 e. The van der Waals surface area contributed by atoms with E-state index in [1.807, 2.05) is 26.8 Å². The van der Waals surface area contributed by atoms with Gasteiger partial charge in [0.15, 0.2) is 5.65 Å². The Kier molecular flexibility index (Phi) is 7.68. The average Bonchev–Trinajstić information content (AvgIpc) is 3.44. The number of fused-ring (bicyclic) bond motifs is 1. The van der Waals surface area contributed by atoms with Crippen LogP contribution in [0.15, 0.2) is 29.2 Å². The van der Waals surface area contributed by atoms with E-state index in [1.54, 1.807) is 16.9 Å². The third-order valence-corrected chi connectivity index (χ3v) is 7.83. The van der Waals surface area contributed by atoms with Crippen molar-refractivity contribution in [3.8, 4) is 0 Å². The Morgan fingerprint density at radius 3 is 2.51 bits per heavy atom. The summed E-state index contributed by atoms with van der Waals surface area (Å²) in [5.74, 6) is -2.91. The van der Waals surface area contributed by atoms with Crippen molar-refractivity contribution in [2.75, 3.05) is 0 Å². The molecule has 11 heteroatoms. The molecular weight excluding hydrogens is 506 g/mol. The van der Waals surface area contributed by atoms with Gasteiger partial charge in [-0.3, -0.25) is 9.59 Å². The van der Waals surface area contributed by atoms with Gasteiger partial charge in [0.25, 0.3) is 5.91 Å². The smallest absolute Gasteiger partial charge is 0.257 e. The summed E-state index contributed by atoms with van der Waals surface area (Å²) in [6.07, 6.45) is 8.21. The third-order valence-electron chi connectivity index (χ3n) is 7.83.